The normalized spacial score (nSPS) is 17.5. The van der Waals surface area contributed by atoms with Crippen molar-refractivity contribution in [3.63, 3.8) is 0 Å². The van der Waals surface area contributed by atoms with Gasteiger partial charge in [-0.2, -0.15) is 9.35 Å². The van der Waals surface area contributed by atoms with Crippen molar-refractivity contribution < 1.29 is 23.4 Å². The van der Waals surface area contributed by atoms with Gasteiger partial charge in [0.25, 0.3) is 11.1 Å². The molecule has 0 unspecified atom stereocenters. The summed E-state index contributed by atoms with van der Waals surface area (Å²) in [6.45, 7) is 5.30. The molecule has 2 aliphatic carbocycles. The number of rotatable bonds is 3. The van der Waals surface area contributed by atoms with E-state index in [1.807, 2.05) is 0 Å². The molecular weight excluding hydrogens is 637 g/mol. The molecular formula is C31H39F3N8O6. The van der Waals surface area contributed by atoms with Gasteiger partial charge in [-0.15, -0.1) is 0 Å². The third-order valence-corrected chi connectivity index (χ3v) is 8.85. The average molecular weight is 677 g/mol. The highest BCUT2D eigenvalue weighted by atomic mass is 19.2. The zero-order valence-corrected chi connectivity index (χ0v) is 25.7. The molecule has 48 heavy (non-hydrogen) atoms. The minimum absolute atomic E-state index is 0. The highest BCUT2D eigenvalue weighted by Gasteiger charge is 2.33. The zero-order chi connectivity index (χ0) is 34.1. The van der Waals surface area contributed by atoms with Gasteiger partial charge in [-0.25, -0.2) is 22.8 Å². The molecule has 260 valence electrons. The van der Waals surface area contributed by atoms with Crippen LogP contribution in [0.3, 0.4) is 0 Å². The Morgan fingerprint density at radius 3 is 1.52 bits per heavy atom. The van der Waals surface area contributed by atoms with Crippen LogP contribution >= 0.6 is 0 Å². The lowest BCUT2D eigenvalue weighted by Crippen LogP contribution is -2.51. The highest BCUT2D eigenvalue weighted by molar-refractivity contribution is 5.87. The Morgan fingerprint density at radius 1 is 0.729 bits per heavy atom. The minimum Gasteiger partial charge on any atom is -0.390 e. The quantitative estimate of drug-likeness (QED) is 0.187. The molecule has 2 aromatic carbocycles. The maximum absolute atomic E-state index is 14.5. The summed E-state index contributed by atoms with van der Waals surface area (Å²) in [6.07, 6.45) is 2.66. The molecule has 2 saturated carbocycles. The van der Waals surface area contributed by atoms with Crippen molar-refractivity contribution in [2.24, 2.45) is 0 Å². The summed E-state index contributed by atoms with van der Waals surface area (Å²) in [5, 5.41) is 20.8. The monoisotopic (exact) mass is 676 g/mol. The van der Waals surface area contributed by atoms with Crippen LogP contribution in [0, 0.1) is 31.3 Å². The minimum atomic E-state index is -1.12. The van der Waals surface area contributed by atoms with Crippen molar-refractivity contribution in [2.45, 2.75) is 71.2 Å². The van der Waals surface area contributed by atoms with E-state index in [9.17, 15) is 37.5 Å². The first-order valence-electron chi connectivity index (χ1n) is 15.2. The SMILES string of the molecule is C.Cc1c(F)c(F)cc2c(=O)n(N)c(=O)n(C3CC3)c12.Cc1c(N2CC(O)C2)c(F)cc2c(=O)n(N)c(=O)n(C3CC3)c12.OC1CNC1. The summed E-state index contributed by atoms with van der Waals surface area (Å²) in [6, 6.07) is 1.84. The van der Waals surface area contributed by atoms with Crippen LogP contribution in [0.1, 0.15) is 56.3 Å². The Morgan fingerprint density at radius 2 is 1.15 bits per heavy atom. The Bertz CT molecular complexity index is 2160. The number of aryl methyl sites for hydroxylation is 2. The molecule has 4 aliphatic rings. The first-order valence-corrected chi connectivity index (χ1v) is 15.2. The molecule has 2 aliphatic heterocycles. The lowest BCUT2D eigenvalue weighted by molar-refractivity contribution is 0.117. The van der Waals surface area contributed by atoms with Crippen molar-refractivity contribution in [2.75, 3.05) is 42.8 Å². The maximum atomic E-state index is 14.5. The van der Waals surface area contributed by atoms with Crippen LogP contribution in [-0.2, 0) is 0 Å². The van der Waals surface area contributed by atoms with Crippen molar-refractivity contribution in [1.29, 1.82) is 0 Å². The van der Waals surface area contributed by atoms with E-state index < -0.39 is 46.1 Å². The van der Waals surface area contributed by atoms with Gasteiger partial charge in [0.1, 0.15) is 5.82 Å². The number of nitrogens with one attached hydrogen (secondary N) is 1. The van der Waals surface area contributed by atoms with Crippen molar-refractivity contribution in [3.8, 4) is 0 Å². The number of nitrogens with zero attached hydrogens (tertiary/aromatic N) is 5. The summed E-state index contributed by atoms with van der Waals surface area (Å²) in [5.41, 5.74) is -1.38. The van der Waals surface area contributed by atoms with Gasteiger partial charge in [0.15, 0.2) is 11.6 Å². The number of anilines is 1. The molecule has 0 radical (unpaired) electrons. The number of fused-ring (bicyclic) bond motifs is 2. The van der Waals surface area contributed by atoms with Crippen molar-refractivity contribution in [3.05, 3.63) is 82.4 Å². The van der Waals surface area contributed by atoms with E-state index in [0.717, 1.165) is 50.9 Å². The Labute approximate surface area is 271 Å². The van der Waals surface area contributed by atoms with Gasteiger partial charge in [-0.3, -0.25) is 18.7 Å². The zero-order valence-electron chi connectivity index (χ0n) is 25.7. The average Bonchev–Trinajstić information content (AvgIpc) is 3.93. The molecule has 0 bridgehead atoms. The molecule has 2 aromatic heterocycles. The number of nitrogens with two attached hydrogens (primary N) is 2. The van der Waals surface area contributed by atoms with Gasteiger partial charge >= 0.3 is 11.4 Å². The fourth-order valence-electron chi connectivity index (χ4n) is 5.95. The van der Waals surface area contributed by atoms with Gasteiger partial charge in [0.05, 0.1) is 39.7 Å². The van der Waals surface area contributed by atoms with E-state index in [1.165, 1.54) is 16.1 Å². The van der Waals surface area contributed by atoms with E-state index in [0.29, 0.717) is 39.2 Å². The first-order chi connectivity index (χ1) is 22.2. The van der Waals surface area contributed by atoms with Gasteiger partial charge in [-0.05, 0) is 51.7 Å². The molecule has 2 saturated heterocycles. The molecule has 0 atom stereocenters. The Hall–Kier alpha value is -4.61. The first kappa shape index (κ1) is 34.7. The molecule has 17 heteroatoms. The van der Waals surface area contributed by atoms with Crippen LogP contribution in [0.5, 0.6) is 0 Å². The Kier molecular flexibility index (Phi) is 9.24. The predicted octanol–water partition coefficient (Wildman–Crippen LogP) is 0.225. The van der Waals surface area contributed by atoms with Crippen LogP contribution in [0.4, 0.5) is 18.9 Å². The summed E-state index contributed by atoms with van der Waals surface area (Å²) in [7, 11) is 0. The number of aliphatic hydroxyl groups is 2. The number of hydrogen-bond acceptors (Lipinski definition) is 10. The molecule has 8 rings (SSSR count). The van der Waals surface area contributed by atoms with E-state index >= 15 is 0 Å². The lowest BCUT2D eigenvalue weighted by atomic mass is 10.0. The molecule has 4 aromatic rings. The highest BCUT2D eigenvalue weighted by Crippen LogP contribution is 2.39. The Balaban J connectivity index is 0.000000163. The fourth-order valence-corrected chi connectivity index (χ4v) is 5.95. The van der Waals surface area contributed by atoms with Crippen LogP contribution in [0.25, 0.3) is 21.8 Å². The molecule has 14 nitrogen and oxygen atoms in total. The second-order valence-electron chi connectivity index (χ2n) is 12.4. The number of aromatic nitrogens is 4. The largest absolute Gasteiger partial charge is 0.390 e. The molecule has 7 N–H and O–H groups in total. The fraction of sp³-hybridized carbons (Fsp3) is 0.484. The predicted molar refractivity (Wildman–Crippen MR) is 175 cm³/mol. The van der Waals surface area contributed by atoms with Gasteiger partial charge < -0.3 is 32.1 Å². The second-order valence-corrected chi connectivity index (χ2v) is 12.4. The van der Waals surface area contributed by atoms with Crippen LogP contribution in [-0.4, -0.2) is 67.1 Å². The van der Waals surface area contributed by atoms with Gasteiger partial charge in [0.2, 0.25) is 0 Å². The summed E-state index contributed by atoms with van der Waals surface area (Å²) >= 11 is 0. The molecule has 0 amide bonds. The topological polar surface area (TPSA) is 196 Å². The van der Waals surface area contributed by atoms with E-state index in [4.69, 9.17) is 16.8 Å². The van der Waals surface area contributed by atoms with E-state index in [2.05, 4.69) is 5.32 Å². The van der Waals surface area contributed by atoms with Crippen molar-refractivity contribution >= 4 is 27.5 Å². The maximum Gasteiger partial charge on any atom is 0.350 e. The summed E-state index contributed by atoms with van der Waals surface area (Å²) < 4.78 is 45.4. The second kappa shape index (κ2) is 12.8. The number of aliphatic hydroxyl groups excluding tert-OH is 2. The van der Waals surface area contributed by atoms with Crippen LogP contribution in [0.15, 0.2) is 31.3 Å². The molecule has 4 fully saturated rings. The number of benzene rings is 2. The number of hydrogen-bond donors (Lipinski definition) is 5. The molecule has 0 spiro atoms. The smallest absolute Gasteiger partial charge is 0.350 e. The lowest BCUT2D eigenvalue weighted by Gasteiger charge is -2.39. The van der Waals surface area contributed by atoms with Crippen molar-refractivity contribution in [1.82, 2.24) is 23.8 Å². The van der Waals surface area contributed by atoms with Crippen LogP contribution in [0.2, 0.25) is 0 Å². The number of β-amino-alcohol motifs (C(OH)–C–C–N with tert-alkyl or cyclic N) is 2. The standard InChI is InChI=1S/C15H17FN4O3.C12H11F2N3O2.C3H7NO.CH4/c1-7-12-10(4-11(16)13(7)18-5-9(21)6-18)14(22)20(17)15(23)19(12)8-2-3-8;1-5-9(14)8(13)4-7-10(5)16(6-2-3-6)12(19)17(15)11(7)18;5-3-1-4-2-3;/h4,8-9,21H,2-3,5-6,17H2,1H3;4,6H,2-3,15H2,1H3;3-5H,1-2H2;1H4. The summed E-state index contributed by atoms with van der Waals surface area (Å²) in [5.74, 6) is 8.27. The van der Waals surface area contributed by atoms with Crippen LogP contribution < -0.4 is 44.4 Å². The number of halogens is 3. The number of nitrogen functional groups attached to an aromatic ring is 2. The third-order valence-electron chi connectivity index (χ3n) is 8.85. The van der Waals surface area contributed by atoms with Gasteiger partial charge in [0, 0.05) is 49.4 Å². The molecule has 4 heterocycles. The summed E-state index contributed by atoms with van der Waals surface area (Å²) in [4.78, 5) is 50.3. The third kappa shape index (κ3) is 5.85. The van der Waals surface area contributed by atoms with E-state index in [-0.39, 0.29) is 47.5 Å². The van der Waals surface area contributed by atoms with E-state index in [1.54, 1.807) is 11.8 Å². The van der Waals surface area contributed by atoms with Gasteiger partial charge in [-0.1, -0.05) is 7.43 Å².